The van der Waals surface area contributed by atoms with Gasteiger partial charge in [-0.05, 0) is 30.2 Å². The lowest BCUT2D eigenvalue weighted by Gasteiger charge is -2.01. The molecule has 3 aromatic heterocycles. The van der Waals surface area contributed by atoms with Crippen LogP contribution in [0.15, 0.2) is 42.9 Å². The van der Waals surface area contributed by atoms with Gasteiger partial charge in [-0.1, -0.05) is 6.07 Å². The fourth-order valence-electron chi connectivity index (χ4n) is 2.04. The SMILES string of the molecule is O=C(O)c1ccc2nnc(CCc3cccnc3)n2c1. The van der Waals surface area contributed by atoms with Crippen molar-refractivity contribution in [2.45, 2.75) is 12.8 Å². The molecule has 0 aliphatic rings. The summed E-state index contributed by atoms with van der Waals surface area (Å²) in [6, 6.07) is 7.07. The summed E-state index contributed by atoms with van der Waals surface area (Å²) in [4.78, 5) is 15.1. The van der Waals surface area contributed by atoms with Crippen LogP contribution in [-0.2, 0) is 12.8 Å². The number of fused-ring (bicyclic) bond motifs is 1. The summed E-state index contributed by atoms with van der Waals surface area (Å²) >= 11 is 0. The molecule has 0 unspecified atom stereocenters. The number of carboxylic acid groups (broad SMARTS) is 1. The number of carboxylic acids is 1. The minimum atomic E-state index is -0.959. The maximum absolute atomic E-state index is 11.0. The molecule has 0 aromatic carbocycles. The zero-order chi connectivity index (χ0) is 13.9. The van der Waals surface area contributed by atoms with E-state index in [1.165, 1.54) is 6.07 Å². The summed E-state index contributed by atoms with van der Waals surface area (Å²) < 4.78 is 1.72. The Kier molecular flexibility index (Phi) is 3.12. The van der Waals surface area contributed by atoms with Gasteiger partial charge in [0.2, 0.25) is 0 Å². The number of aromatic nitrogens is 4. The first kappa shape index (κ1) is 12.3. The number of hydrogen-bond acceptors (Lipinski definition) is 4. The Morgan fingerprint density at radius 1 is 1.20 bits per heavy atom. The molecule has 0 atom stereocenters. The topological polar surface area (TPSA) is 80.4 Å². The second-order valence-electron chi connectivity index (χ2n) is 4.43. The summed E-state index contributed by atoms with van der Waals surface area (Å²) in [5.41, 5.74) is 1.98. The summed E-state index contributed by atoms with van der Waals surface area (Å²) in [5.74, 6) is -0.217. The Hall–Kier alpha value is -2.76. The molecule has 3 rings (SSSR count). The highest BCUT2D eigenvalue weighted by atomic mass is 16.4. The first-order chi connectivity index (χ1) is 9.74. The van der Waals surface area contributed by atoms with Crippen molar-refractivity contribution in [1.29, 1.82) is 0 Å². The first-order valence-electron chi connectivity index (χ1n) is 6.20. The average molecular weight is 268 g/mol. The van der Waals surface area contributed by atoms with E-state index in [9.17, 15) is 4.79 Å². The van der Waals surface area contributed by atoms with E-state index in [2.05, 4.69) is 15.2 Å². The van der Waals surface area contributed by atoms with Gasteiger partial charge in [0.25, 0.3) is 0 Å². The molecule has 20 heavy (non-hydrogen) atoms. The molecule has 3 heterocycles. The summed E-state index contributed by atoms with van der Waals surface area (Å²) in [5, 5.41) is 17.2. The van der Waals surface area contributed by atoms with Gasteiger partial charge in [0.15, 0.2) is 5.65 Å². The number of nitrogens with zero attached hydrogens (tertiary/aromatic N) is 4. The van der Waals surface area contributed by atoms with Crippen LogP contribution in [0.1, 0.15) is 21.7 Å². The van der Waals surface area contributed by atoms with Crippen LogP contribution in [-0.4, -0.2) is 30.7 Å². The van der Waals surface area contributed by atoms with Crippen molar-refractivity contribution in [3.63, 3.8) is 0 Å². The Labute approximate surface area is 114 Å². The van der Waals surface area contributed by atoms with E-state index in [1.807, 2.05) is 18.3 Å². The monoisotopic (exact) mass is 268 g/mol. The molecule has 1 N–H and O–H groups in total. The number of pyridine rings is 2. The largest absolute Gasteiger partial charge is 0.478 e. The van der Waals surface area contributed by atoms with E-state index in [0.29, 0.717) is 12.1 Å². The van der Waals surface area contributed by atoms with E-state index < -0.39 is 5.97 Å². The van der Waals surface area contributed by atoms with Gasteiger partial charge >= 0.3 is 5.97 Å². The van der Waals surface area contributed by atoms with Crippen molar-refractivity contribution in [3.05, 3.63) is 59.8 Å². The predicted molar refractivity (Wildman–Crippen MR) is 71.6 cm³/mol. The normalized spacial score (nSPS) is 10.8. The van der Waals surface area contributed by atoms with Gasteiger partial charge < -0.3 is 5.11 Å². The van der Waals surface area contributed by atoms with Crippen LogP contribution in [0.25, 0.3) is 5.65 Å². The van der Waals surface area contributed by atoms with Crippen molar-refractivity contribution in [1.82, 2.24) is 19.6 Å². The fraction of sp³-hybridized carbons (Fsp3) is 0.143. The first-order valence-corrected chi connectivity index (χ1v) is 6.20. The molecule has 0 spiro atoms. The highest BCUT2D eigenvalue weighted by molar-refractivity contribution is 5.87. The van der Waals surface area contributed by atoms with E-state index in [0.717, 1.165) is 17.8 Å². The maximum atomic E-state index is 11.0. The molecule has 100 valence electrons. The zero-order valence-electron chi connectivity index (χ0n) is 10.6. The van der Waals surface area contributed by atoms with Crippen LogP contribution >= 0.6 is 0 Å². The van der Waals surface area contributed by atoms with Crippen LogP contribution in [0.2, 0.25) is 0 Å². The molecule has 0 amide bonds. The molecule has 0 saturated carbocycles. The van der Waals surface area contributed by atoms with Gasteiger partial charge in [-0.25, -0.2) is 4.79 Å². The maximum Gasteiger partial charge on any atom is 0.337 e. The van der Waals surface area contributed by atoms with Gasteiger partial charge in [0.1, 0.15) is 5.82 Å². The van der Waals surface area contributed by atoms with E-state index in [4.69, 9.17) is 5.11 Å². The molecular formula is C14H12N4O2. The third-order valence-electron chi connectivity index (χ3n) is 3.08. The summed E-state index contributed by atoms with van der Waals surface area (Å²) in [6.07, 6.45) is 6.55. The highest BCUT2D eigenvalue weighted by Crippen LogP contribution is 2.10. The molecule has 0 fully saturated rings. The fourth-order valence-corrected chi connectivity index (χ4v) is 2.04. The van der Waals surface area contributed by atoms with Gasteiger partial charge in [-0.3, -0.25) is 9.38 Å². The van der Waals surface area contributed by atoms with Crippen LogP contribution in [0.4, 0.5) is 0 Å². The molecule has 0 aliphatic heterocycles. The van der Waals surface area contributed by atoms with Crippen LogP contribution < -0.4 is 0 Å². The van der Waals surface area contributed by atoms with Gasteiger partial charge in [0.05, 0.1) is 5.56 Å². The number of rotatable bonds is 4. The number of aryl methyl sites for hydroxylation is 2. The highest BCUT2D eigenvalue weighted by Gasteiger charge is 2.09. The van der Waals surface area contributed by atoms with Crippen molar-refractivity contribution >= 4 is 11.6 Å². The summed E-state index contributed by atoms with van der Waals surface area (Å²) in [7, 11) is 0. The average Bonchev–Trinajstić information content (AvgIpc) is 2.88. The lowest BCUT2D eigenvalue weighted by molar-refractivity contribution is 0.0696. The standard InChI is InChI=1S/C14H12N4O2/c19-14(20)11-4-6-13-17-16-12(18(13)9-11)5-3-10-2-1-7-15-8-10/h1-2,4,6-9H,3,5H2,(H,19,20). The molecule has 0 aliphatic carbocycles. The minimum Gasteiger partial charge on any atom is -0.478 e. The number of carbonyl (C=O) groups is 1. The van der Waals surface area contributed by atoms with Crippen LogP contribution in [0, 0.1) is 0 Å². The molecule has 0 bridgehead atoms. The van der Waals surface area contributed by atoms with Crippen molar-refractivity contribution in [2.24, 2.45) is 0 Å². The Morgan fingerprint density at radius 3 is 2.85 bits per heavy atom. The quantitative estimate of drug-likeness (QED) is 0.777. The van der Waals surface area contributed by atoms with E-state index in [1.54, 1.807) is 22.9 Å². The van der Waals surface area contributed by atoms with Crippen molar-refractivity contribution in [2.75, 3.05) is 0 Å². The zero-order valence-corrected chi connectivity index (χ0v) is 10.6. The molecular weight excluding hydrogens is 256 g/mol. The van der Waals surface area contributed by atoms with Crippen molar-refractivity contribution < 1.29 is 9.90 Å². The van der Waals surface area contributed by atoms with E-state index >= 15 is 0 Å². The Balaban J connectivity index is 1.88. The van der Waals surface area contributed by atoms with Crippen LogP contribution in [0.3, 0.4) is 0 Å². The molecule has 6 heteroatoms. The lowest BCUT2D eigenvalue weighted by atomic mass is 10.1. The van der Waals surface area contributed by atoms with Gasteiger partial charge in [0, 0.05) is 25.0 Å². The van der Waals surface area contributed by atoms with Crippen molar-refractivity contribution in [3.8, 4) is 0 Å². The van der Waals surface area contributed by atoms with Crippen LogP contribution in [0.5, 0.6) is 0 Å². The summed E-state index contributed by atoms with van der Waals surface area (Å²) in [6.45, 7) is 0. The Morgan fingerprint density at radius 2 is 2.10 bits per heavy atom. The smallest absolute Gasteiger partial charge is 0.337 e. The minimum absolute atomic E-state index is 0.222. The molecule has 0 radical (unpaired) electrons. The molecule has 3 aromatic rings. The van der Waals surface area contributed by atoms with E-state index in [-0.39, 0.29) is 5.56 Å². The van der Waals surface area contributed by atoms with Gasteiger partial charge in [-0.15, -0.1) is 10.2 Å². The predicted octanol–water partition coefficient (Wildman–Crippen LogP) is 1.61. The number of aromatic carboxylic acids is 1. The lowest BCUT2D eigenvalue weighted by Crippen LogP contribution is -2.02. The second-order valence-corrected chi connectivity index (χ2v) is 4.43. The number of hydrogen-bond donors (Lipinski definition) is 1. The Bertz CT molecular complexity index is 752. The second kappa shape index (κ2) is 5.08. The third kappa shape index (κ3) is 2.35. The third-order valence-corrected chi connectivity index (χ3v) is 3.08. The molecule has 6 nitrogen and oxygen atoms in total. The van der Waals surface area contributed by atoms with Gasteiger partial charge in [-0.2, -0.15) is 0 Å². The molecule has 0 saturated heterocycles.